The van der Waals surface area contributed by atoms with E-state index in [1.54, 1.807) is 24.3 Å². The number of aryl methyl sites for hydroxylation is 1. The standard InChI is InChI=1S/C21H22N4O2/c1-3-27-18-10-8-17(9-11-18)23-21(26)19-12-13-20(25-24-19)22-14-16-6-4-15(2)5-7-16/h4-13H,3,14H2,1-2H3,(H,22,25)(H,23,26). The van der Waals surface area contributed by atoms with Crippen molar-refractivity contribution in [2.75, 3.05) is 17.2 Å². The zero-order chi connectivity index (χ0) is 19.1. The van der Waals surface area contributed by atoms with Gasteiger partial charge in [0, 0.05) is 12.2 Å². The van der Waals surface area contributed by atoms with E-state index in [9.17, 15) is 4.79 Å². The van der Waals surface area contributed by atoms with Gasteiger partial charge >= 0.3 is 0 Å². The maximum Gasteiger partial charge on any atom is 0.276 e. The highest BCUT2D eigenvalue weighted by atomic mass is 16.5. The second kappa shape index (κ2) is 8.80. The molecular weight excluding hydrogens is 340 g/mol. The number of nitrogens with zero attached hydrogens (tertiary/aromatic N) is 2. The fraction of sp³-hybridized carbons (Fsp3) is 0.190. The normalized spacial score (nSPS) is 10.3. The second-order valence-electron chi connectivity index (χ2n) is 6.05. The largest absolute Gasteiger partial charge is 0.494 e. The Morgan fingerprint density at radius 2 is 1.70 bits per heavy atom. The molecule has 0 aliphatic rings. The summed E-state index contributed by atoms with van der Waals surface area (Å²) in [5.74, 6) is 1.07. The highest BCUT2D eigenvalue weighted by molar-refractivity contribution is 6.02. The van der Waals surface area contributed by atoms with Crippen molar-refractivity contribution in [3.8, 4) is 5.75 Å². The number of anilines is 2. The first-order chi connectivity index (χ1) is 13.1. The summed E-state index contributed by atoms with van der Waals surface area (Å²) in [7, 11) is 0. The van der Waals surface area contributed by atoms with E-state index >= 15 is 0 Å². The van der Waals surface area contributed by atoms with Crippen LogP contribution in [0.3, 0.4) is 0 Å². The predicted octanol–water partition coefficient (Wildman–Crippen LogP) is 4.05. The summed E-state index contributed by atoms with van der Waals surface area (Å²) >= 11 is 0. The third-order valence-corrected chi connectivity index (χ3v) is 3.91. The molecule has 0 bridgehead atoms. The number of aromatic nitrogens is 2. The molecule has 0 saturated heterocycles. The molecule has 0 saturated carbocycles. The highest BCUT2D eigenvalue weighted by Gasteiger charge is 2.09. The first-order valence-electron chi connectivity index (χ1n) is 8.81. The molecule has 6 heteroatoms. The lowest BCUT2D eigenvalue weighted by molar-refractivity contribution is 0.102. The number of ether oxygens (including phenoxy) is 1. The fourth-order valence-electron chi connectivity index (χ4n) is 2.44. The number of amides is 1. The first kappa shape index (κ1) is 18.4. The summed E-state index contributed by atoms with van der Waals surface area (Å²) in [4.78, 5) is 12.3. The molecule has 6 nitrogen and oxygen atoms in total. The van der Waals surface area contributed by atoms with Crippen molar-refractivity contribution in [2.24, 2.45) is 0 Å². The molecular formula is C21H22N4O2. The molecule has 0 atom stereocenters. The third kappa shape index (κ3) is 5.28. The third-order valence-electron chi connectivity index (χ3n) is 3.91. The summed E-state index contributed by atoms with van der Waals surface area (Å²) in [6, 6.07) is 18.8. The Morgan fingerprint density at radius 1 is 0.963 bits per heavy atom. The molecule has 0 aliphatic carbocycles. The maximum absolute atomic E-state index is 12.3. The summed E-state index contributed by atoms with van der Waals surface area (Å²) in [5, 5.41) is 14.1. The fourth-order valence-corrected chi connectivity index (χ4v) is 2.44. The van der Waals surface area contributed by atoms with Gasteiger partial charge in [0.25, 0.3) is 5.91 Å². The van der Waals surface area contributed by atoms with Crippen LogP contribution in [0.2, 0.25) is 0 Å². The smallest absolute Gasteiger partial charge is 0.276 e. The van der Waals surface area contributed by atoms with E-state index in [-0.39, 0.29) is 11.6 Å². The van der Waals surface area contributed by atoms with Crippen LogP contribution in [0.15, 0.2) is 60.7 Å². The average molecular weight is 362 g/mol. The van der Waals surface area contributed by atoms with E-state index in [4.69, 9.17) is 4.74 Å². The Hall–Kier alpha value is -3.41. The summed E-state index contributed by atoms with van der Waals surface area (Å²) in [5.41, 5.74) is 3.30. The van der Waals surface area contributed by atoms with Crippen molar-refractivity contribution >= 4 is 17.4 Å². The maximum atomic E-state index is 12.3. The molecule has 0 spiro atoms. The summed E-state index contributed by atoms with van der Waals surface area (Å²) < 4.78 is 5.38. The lowest BCUT2D eigenvalue weighted by atomic mass is 10.1. The molecule has 27 heavy (non-hydrogen) atoms. The van der Waals surface area contributed by atoms with E-state index in [1.165, 1.54) is 5.56 Å². The number of carbonyl (C=O) groups is 1. The van der Waals surface area contributed by atoms with Gasteiger partial charge < -0.3 is 15.4 Å². The molecule has 1 heterocycles. The van der Waals surface area contributed by atoms with Gasteiger partial charge in [0.15, 0.2) is 5.69 Å². The molecule has 1 aromatic heterocycles. The number of benzene rings is 2. The van der Waals surface area contributed by atoms with Gasteiger partial charge in [0.1, 0.15) is 11.6 Å². The Labute approximate surface area is 158 Å². The Bertz CT molecular complexity index is 876. The van der Waals surface area contributed by atoms with Crippen molar-refractivity contribution in [2.45, 2.75) is 20.4 Å². The van der Waals surface area contributed by atoms with Crippen LogP contribution < -0.4 is 15.4 Å². The molecule has 3 aromatic rings. The molecule has 0 unspecified atom stereocenters. The number of hydrogen-bond acceptors (Lipinski definition) is 5. The van der Waals surface area contributed by atoms with Crippen LogP contribution in [0.1, 0.15) is 28.5 Å². The number of nitrogens with one attached hydrogen (secondary N) is 2. The van der Waals surface area contributed by atoms with Crippen molar-refractivity contribution in [1.82, 2.24) is 10.2 Å². The topological polar surface area (TPSA) is 76.1 Å². The van der Waals surface area contributed by atoms with Crippen LogP contribution in [-0.4, -0.2) is 22.7 Å². The van der Waals surface area contributed by atoms with Gasteiger partial charge in [0.2, 0.25) is 0 Å². The lowest BCUT2D eigenvalue weighted by Crippen LogP contribution is -2.14. The Kier molecular flexibility index (Phi) is 5.99. The van der Waals surface area contributed by atoms with Crippen LogP contribution in [0, 0.1) is 6.92 Å². The van der Waals surface area contributed by atoms with E-state index in [2.05, 4.69) is 52.0 Å². The Balaban J connectivity index is 1.55. The van der Waals surface area contributed by atoms with Gasteiger partial charge in [-0.25, -0.2) is 0 Å². The number of rotatable bonds is 7. The molecule has 2 aromatic carbocycles. The molecule has 0 fully saturated rings. The van der Waals surface area contributed by atoms with Crippen LogP contribution in [0.5, 0.6) is 5.75 Å². The summed E-state index contributed by atoms with van der Waals surface area (Å²) in [6.45, 7) is 5.23. The minimum atomic E-state index is -0.309. The molecule has 0 aliphatic heterocycles. The van der Waals surface area contributed by atoms with E-state index in [0.29, 0.717) is 24.7 Å². The SMILES string of the molecule is CCOc1ccc(NC(=O)c2ccc(NCc3ccc(C)cc3)nn2)cc1. The van der Waals surface area contributed by atoms with Crippen molar-refractivity contribution in [3.63, 3.8) is 0 Å². The molecule has 138 valence electrons. The second-order valence-corrected chi connectivity index (χ2v) is 6.05. The van der Waals surface area contributed by atoms with Gasteiger partial charge in [0.05, 0.1) is 6.61 Å². The zero-order valence-electron chi connectivity index (χ0n) is 15.4. The molecule has 2 N–H and O–H groups in total. The van der Waals surface area contributed by atoms with Crippen LogP contribution >= 0.6 is 0 Å². The van der Waals surface area contributed by atoms with E-state index in [1.807, 2.05) is 19.1 Å². The van der Waals surface area contributed by atoms with Crippen molar-refractivity contribution < 1.29 is 9.53 Å². The van der Waals surface area contributed by atoms with Gasteiger partial charge in [-0.1, -0.05) is 29.8 Å². The first-order valence-corrected chi connectivity index (χ1v) is 8.81. The zero-order valence-corrected chi connectivity index (χ0v) is 15.4. The lowest BCUT2D eigenvalue weighted by Gasteiger charge is -2.08. The molecule has 1 amide bonds. The van der Waals surface area contributed by atoms with E-state index in [0.717, 1.165) is 11.3 Å². The predicted molar refractivity (Wildman–Crippen MR) is 106 cm³/mol. The number of hydrogen-bond donors (Lipinski definition) is 2. The van der Waals surface area contributed by atoms with Gasteiger partial charge in [-0.15, -0.1) is 10.2 Å². The number of carbonyl (C=O) groups excluding carboxylic acids is 1. The van der Waals surface area contributed by atoms with Crippen molar-refractivity contribution in [3.05, 3.63) is 77.5 Å². The highest BCUT2D eigenvalue weighted by Crippen LogP contribution is 2.16. The van der Waals surface area contributed by atoms with E-state index < -0.39 is 0 Å². The quantitative estimate of drug-likeness (QED) is 0.663. The van der Waals surface area contributed by atoms with Gasteiger partial charge in [-0.2, -0.15) is 0 Å². The van der Waals surface area contributed by atoms with Crippen LogP contribution in [0.4, 0.5) is 11.5 Å². The minimum Gasteiger partial charge on any atom is -0.494 e. The van der Waals surface area contributed by atoms with Gasteiger partial charge in [-0.3, -0.25) is 4.79 Å². The van der Waals surface area contributed by atoms with Crippen LogP contribution in [-0.2, 0) is 6.54 Å². The minimum absolute atomic E-state index is 0.254. The van der Waals surface area contributed by atoms with Crippen molar-refractivity contribution in [1.29, 1.82) is 0 Å². The van der Waals surface area contributed by atoms with Crippen LogP contribution in [0.25, 0.3) is 0 Å². The van der Waals surface area contributed by atoms with Gasteiger partial charge in [-0.05, 0) is 55.8 Å². The molecule has 0 radical (unpaired) electrons. The monoisotopic (exact) mass is 362 g/mol. The summed E-state index contributed by atoms with van der Waals surface area (Å²) in [6.07, 6.45) is 0. The average Bonchev–Trinajstić information content (AvgIpc) is 2.70. The Morgan fingerprint density at radius 3 is 2.33 bits per heavy atom. The molecule has 3 rings (SSSR count).